The Bertz CT molecular complexity index is 276. The zero-order valence-electron chi connectivity index (χ0n) is 7.67. The van der Waals surface area contributed by atoms with Crippen LogP contribution in [0.1, 0.15) is 25.3 Å². The van der Waals surface area contributed by atoms with Crippen LogP contribution in [-0.4, -0.2) is 0 Å². The largest absolute Gasteiger partial charge is 0.321 e. The zero-order chi connectivity index (χ0) is 9.14. The fourth-order valence-electron chi connectivity index (χ4n) is 1.01. The molecule has 0 saturated carbocycles. The lowest BCUT2D eigenvalue weighted by atomic mass is 10.0. The van der Waals surface area contributed by atoms with E-state index in [9.17, 15) is 4.39 Å². The molecular formula is C9H14ClFN2. The summed E-state index contributed by atoms with van der Waals surface area (Å²) in [5, 5.41) is 0. The standard InChI is InChI=1S/C9H13FN2.ClH/c1-6(2)7-3-4-9(12-11)8(10)5-7;/h3-6,12H,11H2,1-2H3;1H. The molecule has 1 aromatic rings. The molecule has 0 aliphatic carbocycles. The van der Waals surface area contributed by atoms with Gasteiger partial charge in [-0.25, -0.2) is 4.39 Å². The zero-order valence-corrected chi connectivity index (χ0v) is 8.49. The van der Waals surface area contributed by atoms with Crippen molar-refractivity contribution in [3.63, 3.8) is 0 Å². The van der Waals surface area contributed by atoms with Gasteiger partial charge in [0.2, 0.25) is 0 Å². The van der Waals surface area contributed by atoms with Crippen molar-refractivity contribution < 1.29 is 4.39 Å². The highest BCUT2D eigenvalue weighted by atomic mass is 35.5. The minimum atomic E-state index is -0.302. The highest BCUT2D eigenvalue weighted by Crippen LogP contribution is 2.20. The van der Waals surface area contributed by atoms with Gasteiger partial charge in [0.1, 0.15) is 5.82 Å². The fraction of sp³-hybridized carbons (Fsp3) is 0.333. The van der Waals surface area contributed by atoms with Crippen LogP contribution in [0.4, 0.5) is 10.1 Å². The Morgan fingerprint density at radius 2 is 2.00 bits per heavy atom. The van der Waals surface area contributed by atoms with Gasteiger partial charge in [0, 0.05) is 0 Å². The molecule has 0 amide bonds. The Labute approximate surface area is 83.7 Å². The first-order valence-electron chi connectivity index (χ1n) is 3.91. The van der Waals surface area contributed by atoms with E-state index in [1.807, 2.05) is 19.9 Å². The third-order valence-electron chi connectivity index (χ3n) is 1.82. The normalized spacial score (nSPS) is 9.62. The molecule has 0 aliphatic heterocycles. The van der Waals surface area contributed by atoms with Crippen molar-refractivity contribution in [2.24, 2.45) is 5.84 Å². The van der Waals surface area contributed by atoms with Crippen LogP contribution in [0.2, 0.25) is 0 Å². The van der Waals surface area contributed by atoms with E-state index >= 15 is 0 Å². The summed E-state index contributed by atoms with van der Waals surface area (Å²) in [6, 6.07) is 5.01. The summed E-state index contributed by atoms with van der Waals surface area (Å²) in [5.41, 5.74) is 3.60. The second-order valence-electron chi connectivity index (χ2n) is 3.04. The maximum absolute atomic E-state index is 13.1. The van der Waals surface area contributed by atoms with Crippen molar-refractivity contribution in [1.82, 2.24) is 0 Å². The molecule has 0 radical (unpaired) electrons. The number of hydrogen-bond donors (Lipinski definition) is 2. The van der Waals surface area contributed by atoms with Gasteiger partial charge in [-0.2, -0.15) is 0 Å². The Morgan fingerprint density at radius 1 is 1.38 bits per heavy atom. The average molecular weight is 205 g/mol. The Morgan fingerprint density at radius 3 is 2.38 bits per heavy atom. The number of nitrogens with two attached hydrogens (primary N) is 1. The quantitative estimate of drug-likeness (QED) is 0.574. The summed E-state index contributed by atoms with van der Waals surface area (Å²) in [4.78, 5) is 0. The van der Waals surface area contributed by atoms with Crippen LogP contribution < -0.4 is 11.3 Å². The van der Waals surface area contributed by atoms with E-state index < -0.39 is 0 Å². The molecule has 2 nitrogen and oxygen atoms in total. The number of benzene rings is 1. The highest BCUT2D eigenvalue weighted by molar-refractivity contribution is 5.85. The maximum atomic E-state index is 13.1. The predicted molar refractivity (Wildman–Crippen MR) is 55.5 cm³/mol. The van der Waals surface area contributed by atoms with E-state index in [2.05, 4.69) is 5.43 Å². The van der Waals surface area contributed by atoms with Gasteiger partial charge in [-0.1, -0.05) is 19.9 Å². The van der Waals surface area contributed by atoms with E-state index in [0.29, 0.717) is 11.6 Å². The number of nitrogens with one attached hydrogen (secondary N) is 1. The summed E-state index contributed by atoms with van der Waals surface area (Å²) < 4.78 is 13.1. The smallest absolute Gasteiger partial charge is 0.147 e. The molecule has 0 aliphatic rings. The average Bonchev–Trinajstić information content (AvgIpc) is 2.04. The van der Waals surface area contributed by atoms with Crippen LogP contribution in [-0.2, 0) is 0 Å². The lowest BCUT2D eigenvalue weighted by Gasteiger charge is -2.07. The molecule has 1 rings (SSSR count). The van der Waals surface area contributed by atoms with Gasteiger partial charge in [0.25, 0.3) is 0 Å². The summed E-state index contributed by atoms with van der Waals surface area (Å²) >= 11 is 0. The number of rotatable bonds is 2. The highest BCUT2D eigenvalue weighted by Gasteiger charge is 2.03. The molecule has 1 aromatic carbocycles. The minimum absolute atomic E-state index is 0. The molecule has 0 spiro atoms. The molecule has 3 N–H and O–H groups in total. The molecule has 0 atom stereocenters. The SMILES string of the molecule is CC(C)c1ccc(NN)c(F)c1.Cl. The van der Waals surface area contributed by atoms with E-state index in [0.717, 1.165) is 5.56 Å². The third kappa shape index (κ3) is 2.86. The Kier molecular flexibility index (Phi) is 4.73. The first-order chi connectivity index (χ1) is 5.65. The van der Waals surface area contributed by atoms with E-state index in [4.69, 9.17) is 5.84 Å². The van der Waals surface area contributed by atoms with Crippen LogP contribution in [0, 0.1) is 5.82 Å². The Hall–Kier alpha value is -0.800. The van der Waals surface area contributed by atoms with Gasteiger partial charge in [0.15, 0.2) is 0 Å². The van der Waals surface area contributed by atoms with Crippen molar-refractivity contribution >= 4 is 18.1 Å². The topological polar surface area (TPSA) is 38.0 Å². The number of hydrazine groups is 1. The summed E-state index contributed by atoms with van der Waals surface area (Å²) in [7, 11) is 0. The van der Waals surface area contributed by atoms with Crippen molar-refractivity contribution in [3.8, 4) is 0 Å². The van der Waals surface area contributed by atoms with Gasteiger partial charge in [-0.3, -0.25) is 5.84 Å². The van der Waals surface area contributed by atoms with Gasteiger partial charge in [-0.15, -0.1) is 12.4 Å². The number of anilines is 1. The molecule has 0 bridgehead atoms. The monoisotopic (exact) mass is 204 g/mol. The fourth-order valence-corrected chi connectivity index (χ4v) is 1.01. The third-order valence-corrected chi connectivity index (χ3v) is 1.82. The molecule has 0 aromatic heterocycles. The Balaban J connectivity index is 0.00000144. The van der Waals surface area contributed by atoms with Crippen molar-refractivity contribution in [1.29, 1.82) is 0 Å². The lowest BCUT2D eigenvalue weighted by Crippen LogP contribution is -2.08. The van der Waals surface area contributed by atoms with Crippen LogP contribution >= 0.6 is 12.4 Å². The van der Waals surface area contributed by atoms with Gasteiger partial charge >= 0.3 is 0 Å². The maximum Gasteiger partial charge on any atom is 0.147 e. The van der Waals surface area contributed by atoms with Gasteiger partial charge < -0.3 is 5.43 Å². The first kappa shape index (κ1) is 12.2. The van der Waals surface area contributed by atoms with E-state index in [1.165, 1.54) is 6.07 Å². The van der Waals surface area contributed by atoms with E-state index in [1.54, 1.807) is 6.07 Å². The molecule has 0 heterocycles. The molecule has 74 valence electrons. The summed E-state index contributed by atoms with van der Waals surface area (Å²) in [6.45, 7) is 4.04. The molecule has 0 saturated heterocycles. The molecule has 13 heavy (non-hydrogen) atoms. The predicted octanol–water partition coefficient (Wildman–Crippen LogP) is 2.66. The second kappa shape index (κ2) is 5.04. The van der Waals surface area contributed by atoms with Crippen LogP contribution in [0.25, 0.3) is 0 Å². The van der Waals surface area contributed by atoms with Crippen LogP contribution in [0.3, 0.4) is 0 Å². The summed E-state index contributed by atoms with van der Waals surface area (Å²) in [6.07, 6.45) is 0. The van der Waals surface area contributed by atoms with Crippen molar-refractivity contribution in [3.05, 3.63) is 29.6 Å². The first-order valence-corrected chi connectivity index (χ1v) is 3.91. The number of hydrogen-bond acceptors (Lipinski definition) is 2. The second-order valence-corrected chi connectivity index (χ2v) is 3.04. The van der Waals surface area contributed by atoms with Crippen molar-refractivity contribution in [2.75, 3.05) is 5.43 Å². The molecule has 0 fully saturated rings. The minimum Gasteiger partial charge on any atom is -0.321 e. The van der Waals surface area contributed by atoms with Gasteiger partial charge in [0.05, 0.1) is 5.69 Å². The van der Waals surface area contributed by atoms with Gasteiger partial charge in [-0.05, 0) is 23.6 Å². The van der Waals surface area contributed by atoms with Crippen LogP contribution in [0.5, 0.6) is 0 Å². The molecular weight excluding hydrogens is 191 g/mol. The molecule has 4 heteroatoms. The molecule has 0 unspecified atom stereocenters. The van der Waals surface area contributed by atoms with Crippen LogP contribution in [0.15, 0.2) is 18.2 Å². The van der Waals surface area contributed by atoms with E-state index in [-0.39, 0.29) is 18.2 Å². The number of halogens is 2. The summed E-state index contributed by atoms with van der Waals surface area (Å²) in [5.74, 6) is 5.12. The number of nitrogen functional groups attached to an aromatic ring is 1. The van der Waals surface area contributed by atoms with Crippen molar-refractivity contribution in [2.45, 2.75) is 19.8 Å². The lowest BCUT2D eigenvalue weighted by molar-refractivity contribution is 0.626.